The van der Waals surface area contributed by atoms with Crippen LogP contribution in [0.1, 0.15) is 24.6 Å². The molecule has 0 aliphatic carbocycles. The van der Waals surface area contributed by atoms with Crippen molar-refractivity contribution < 1.29 is 23.5 Å². The molecule has 4 rings (SSSR count). The Balaban J connectivity index is 1.41. The Morgan fingerprint density at radius 2 is 1.62 bits per heavy atom. The Kier molecular flexibility index (Phi) is 5.85. The lowest BCUT2D eigenvalue weighted by atomic mass is 9.93. The maximum absolute atomic E-state index is 13.1. The number of urea groups is 1. The molecule has 2 aromatic carbocycles. The van der Waals surface area contributed by atoms with E-state index >= 15 is 0 Å². The van der Waals surface area contributed by atoms with Gasteiger partial charge in [-0.2, -0.15) is 0 Å². The minimum absolute atomic E-state index is 0.0441. The van der Waals surface area contributed by atoms with Gasteiger partial charge < -0.3 is 19.2 Å². The predicted octanol–water partition coefficient (Wildman–Crippen LogP) is 3.80. The predicted molar refractivity (Wildman–Crippen MR) is 117 cm³/mol. The average Bonchev–Trinajstić information content (AvgIpc) is 3.37. The van der Waals surface area contributed by atoms with Crippen molar-refractivity contribution in [3.63, 3.8) is 0 Å². The van der Waals surface area contributed by atoms with Crippen molar-refractivity contribution in [1.82, 2.24) is 15.2 Å². The van der Waals surface area contributed by atoms with E-state index in [1.165, 1.54) is 11.2 Å². The van der Waals surface area contributed by atoms with Crippen molar-refractivity contribution in [2.75, 3.05) is 14.2 Å². The molecule has 3 aromatic rings. The zero-order valence-corrected chi connectivity index (χ0v) is 18.3. The Morgan fingerprint density at radius 3 is 2.25 bits per heavy atom. The molecule has 0 bridgehead atoms. The van der Waals surface area contributed by atoms with Crippen LogP contribution in [-0.2, 0) is 17.8 Å². The molecule has 8 nitrogen and oxygen atoms in total. The number of imide groups is 1. The first-order chi connectivity index (χ1) is 15.4. The summed E-state index contributed by atoms with van der Waals surface area (Å²) in [6.07, 6.45) is 2.59. The molecule has 0 saturated carbocycles. The SMILES string of the molecule is COc1ccc(CCC2(C)NC(=O)N(Cc3coc(-c4ccc(OC)cc4)n3)C2=O)cc1. The number of carbonyl (C=O) groups is 2. The minimum atomic E-state index is -0.973. The molecule has 0 spiro atoms. The third kappa shape index (κ3) is 4.30. The summed E-state index contributed by atoms with van der Waals surface area (Å²) in [5, 5.41) is 2.83. The summed E-state index contributed by atoms with van der Waals surface area (Å²) in [6.45, 7) is 1.80. The number of oxazole rings is 1. The van der Waals surface area contributed by atoms with Crippen LogP contribution in [0.2, 0.25) is 0 Å². The van der Waals surface area contributed by atoms with Crippen molar-refractivity contribution in [1.29, 1.82) is 0 Å². The quantitative estimate of drug-likeness (QED) is 0.541. The monoisotopic (exact) mass is 435 g/mol. The molecule has 1 fully saturated rings. The van der Waals surface area contributed by atoms with E-state index in [-0.39, 0.29) is 12.5 Å². The van der Waals surface area contributed by atoms with E-state index in [9.17, 15) is 9.59 Å². The first kappa shape index (κ1) is 21.4. The summed E-state index contributed by atoms with van der Waals surface area (Å²) in [5.41, 5.74) is 1.37. The van der Waals surface area contributed by atoms with E-state index in [0.717, 1.165) is 22.6 Å². The first-order valence-electron chi connectivity index (χ1n) is 10.3. The maximum atomic E-state index is 13.1. The Labute approximate surface area is 186 Å². The fraction of sp³-hybridized carbons (Fsp3) is 0.292. The summed E-state index contributed by atoms with van der Waals surface area (Å²) in [5.74, 6) is 1.65. The fourth-order valence-corrected chi connectivity index (χ4v) is 3.65. The van der Waals surface area contributed by atoms with Crippen LogP contribution in [0.4, 0.5) is 4.79 Å². The normalized spacial score (nSPS) is 18.0. The standard InChI is InChI=1S/C24H25N3O5/c1-24(13-12-16-4-8-19(30-2)9-5-16)22(28)27(23(29)26-24)14-18-15-32-21(25-18)17-6-10-20(31-3)11-7-17/h4-11,15H,12-14H2,1-3H3,(H,26,29). The van der Waals surface area contributed by atoms with Gasteiger partial charge in [0.1, 0.15) is 23.3 Å². The van der Waals surface area contributed by atoms with E-state index in [2.05, 4.69) is 10.3 Å². The number of aryl methyl sites for hydroxylation is 1. The Bertz CT molecular complexity index is 1110. The van der Waals surface area contributed by atoms with Crippen molar-refractivity contribution in [2.45, 2.75) is 31.8 Å². The van der Waals surface area contributed by atoms with Gasteiger partial charge in [0.25, 0.3) is 5.91 Å². The molecule has 3 amide bonds. The molecule has 0 radical (unpaired) electrons. The zero-order valence-electron chi connectivity index (χ0n) is 18.3. The van der Waals surface area contributed by atoms with Gasteiger partial charge in [0.05, 0.1) is 26.5 Å². The average molecular weight is 435 g/mol. The topological polar surface area (TPSA) is 93.9 Å². The molecule has 1 aromatic heterocycles. The molecule has 2 heterocycles. The van der Waals surface area contributed by atoms with Gasteiger partial charge in [0.2, 0.25) is 5.89 Å². The molecule has 166 valence electrons. The summed E-state index contributed by atoms with van der Waals surface area (Å²) in [4.78, 5) is 31.2. The van der Waals surface area contributed by atoms with Gasteiger partial charge in [-0.25, -0.2) is 9.78 Å². The zero-order chi connectivity index (χ0) is 22.7. The van der Waals surface area contributed by atoms with Gasteiger partial charge in [0, 0.05) is 5.56 Å². The molecule has 1 aliphatic rings. The summed E-state index contributed by atoms with van der Waals surface area (Å²) in [7, 11) is 3.22. The molecule has 1 N–H and O–H groups in total. The van der Waals surface area contributed by atoms with E-state index in [1.54, 1.807) is 21.1 Å². The van der Waals surface area contributed by atoms with Crippen LogP contribution in [0.3, 0.4) is 0 Å². The van der Waals surface area contributed by atoms with E-state index in [0.29, 0.717) is 24.4 Å². The number of hydrogen-bond donors (Lipinski definition) is 1. The van der Waals surface area contributed by atoms with Crippen LogP contribution in [-0.4, -0.2) is 41.6 Å². The highest BCUT2D eigenvalue weighted by Crippen LogP contribution is 2.27. The second-order valence-electron chi connectivity index (χ2n) is 7.87. The van der Waals surface area contributed by atoms with E-state index < -0.39 is 11.6 Å². The molecule has 32 heavy (non-hydrogen) atoms. The summed E-state index contributed by atoms with van der Waals surface area (Å²) < 4.78 is 15.9. The number of carbonyl (C=O) groups excluding carboxylic acids is 2. The van der Waals surface area contributed by atoms with Crippen LogP contribution in [0.15, 0.2) is 59.2 Å². The lowest BCUT2D eigenvalue weighted by Gasteiger charge is -2.21. The van der Waals surface area contributed by atoms with Gasteiger partial charge in [-0.15, -0.1) is 0 Å². The molecule has 1 atom stereocenters. The molecule has 1 aliphatic heterocycles. The minimum Gasteiger partial charge on any atom is -0.497 e. The number of benzene rings is 2. The van der Waals surface area contributed by atoms with Gasteiger partial charge in [-0.1, -0.05) is 12.1 Å². The number of ether oxygens (including phenoxy) is 2. The first-order valence-corrected chi connectivity index (χ1v) is 10.3. The highest BCUT2D eigenvalue weighted by atomic mass is 16.5. The third-order valence-corrected chi connectivity index (χ3v) is 5.63. The lowest BCUT2D eigenvalue weighted by molar-refractivity contribution is -0.131. The van der Waals surface area contributed by atoms with Crippen LogP contribution in [0, 0.1) is 0 Å². The molecule has 1 saturated heterocycles. The second kappa shape index (κ2) is 8.74. The Morgan fingerprint density at radius 1 is 1.00 bits per heavy atom. The second-order valence-corrected chi connectivity index (χ2v) is 7.87. The highest BCUT2D eigenvalue weighted by molar-refractivity contribution is 6.06. The number of nitrogens with zero attached hydrogens (tertiary/aromatic N) is 2. The Hall–Kier alpha value is -3.81. The third-order valence-electron chi connectivity index (χ3n) is 5.63. The molecular weight excluding hydrogens is 410 g/mol. The number of nitrogens with one attached hydrogen (secondary N) is 1. The van der Waals surface area contributed by atoms with Gasteiger partial charge in [-0.3, -0.25) is 9.69 Å². The summed E-state index contributed by atoms with van der Waals surface area (Å²) >= 11 is 0. The molecule has 1 unspecified atom stereocenters. The molecular formula is C24H25N3O5. The van der Waals surface area contributed by atoms with Crippen molar-refractivity contribution in [2.24, 2.45) is 0 Å². The largest absolute Gasteiger partial charge is 0.497 e. The smallest absolute Gasteiger partial charge is 0.325 e. The van der Waals surface area contributed by atoms with E-state index in [1.807, 2.05) is 48.5 Å². The number of rotatable bonds is 8. The number of amides is 3. The number of hydrogen-bond acceptors (Lipinski definition) is 6. The fourth-order valence-electron chi connectivity index (χ4n) is 3.65. The van der Waals surface area contributed by atoms with Crippen LogP contribution in [0.5, 0.6) is 11.5 Å². The highest BCUT2D eigenvalue weighted by Gasteiger charge is 2.47. The van der Waals surface area contributed by atoms with Crippen LogP contribution < -0.4 is 14.8 Å². The molecule has 8 heteroatoms. The number of aromatic nitrogens is 1. The van der Waals surface area contributed by atoms with Crippen molar-refractivity contribution in [3.8, 4) is 23.0 Å². The van der Waals surface area contributed by atoms with Gasteiger partial charge in [0.15, 0.2) is 0 Å². The summed E-state index contributed by atoms with van der Waals surface area (Å²) in [6, 6.07) is 14.5. The van der Waals surface area contributed by atoms with Gasteiger partial charge >= 0.3 is 6.03 Å². The van der Waals surface area contributed by atoms with E-state index in [4.69, 9.17) is 13.9 Å². The van der Waals surface area contributed by atoms with Crippen LogP contribution in [0.25, 0.3) is 11.5 Å². The van der Waals surface area contributed by atoms with Crippen LogP contribution >= 0.6 is 0 Å². The van der Waals surface area contributed by atoms with Crippen molar-refractivity contribution >= 4 is 11.9 Å². The maximum Gasteiger partial charge on any atom is 0.325 e. The number of methoxy groups -OCH3 is 2. The lowest BCUT2D eigenvalue weighted by Crippen LogP contribution is -2.44. The van der Waals surface area contributed by atoms with Crippen molar-refractivity contribution in [3.05, 3.63) is 66.1 Å². The van der Waals surface area contributed by atoms with Gasteiger partial charge in [-0.05, 0) is 61.7 Å².